The maximum atomic E-state index is 12.4. The Bertz CT molecular complexity index is 924. The first-order chi connectivity index (χ1) is 12.6. The van der Waals surface area contributed by atoms with E-state index in [9.17, 15) is 4.79 Å². The van der Waals surface area contributed by atoms with E-state index in [2.05, 4.69) is 10.4 Å². The van der Waals surface area contributed by atoms with Crippen LogP contribution in [0, 0.1) is 0 Å². The zero-order valence-electron chi connectivity index (χ0n) is 14.4. The number of nitrogens with one attached hydrogen (secondary N) is 1. The summed E-state index contributed by atoms with van der Waals surface area (Å²) < 4.78 is 12.5. The lowest BCUT2D eigenvalue weighted by atomic mass is 10.2. The largest absolute Gasteiger partial charge is 0.493 e. The van der Waals surface area contributed by atoms with Gasteiger partial charge in [-0.05, 0) is 24.3 Å². The molecule has 0 radical (unpaired) electrons. The summed E-state index contributed by atoms with van der Waals surface area (Å²) >= 11 is 5.95. The third-order valence-corrected chi connectivity index (χ3v) is 4.08. The lowest BCUT2D eigenvalue weighted by molar-refractivity contribution is 0.102. The number of hydrogen-bond donors (Lipinski definition) is 1. The second-order valence-electron chi connectivity index (χ2n) is 5.49. The van der Waals surface area contributed by atoms with E-state index in [0.717, 1.165) is 5.56 Å². The molecule has 0 saturated carbocycles. The van der Waals surface area contributed by atoms with Gasteiger partial charge in [0.25, 0.3) is 5.91 Å². The van der Waals surface area contributed by atoms with Gasteiger partial charge in [0.05, 0.1) is 27.0 Å². The summed E-state index contributed by atoms with van der Waals surface area (Å²) in [5.41, 5.74) is 1.36. The number of benzene rings is 2. The van der Waals surface area contributed by atoms with E-state index < -0.39 is 0 Å². The van der Waals surface area contributed by atoms with Gasteiger partial charge in [-0.3, -0.25) is 4.79 Å². The third-order valence-electron chi connectivity index (χ3n) is 3.85. The highest BCUT2D eigenvalue weighted by atomic mass is 35.5. The molecular weight excluding hydrogens is 354 g/mol. The Morgan fingerprint density at radius 2 is 1.96 bits per heavy atom. The number of rotatable bonds is 6. The Balaban J connectivity index is 1.82. The second-order valence-corrected chi connectivity index (χ2v) is 5.93. The number of carbonyl (C=O) groups is 1. The molecule has 6 nitrogen and oxygen atoms in total. The van der Waals surface area contributed by atoms with Crippen molar-refractivity contribution in [1.82, 2.24) is 9.78 Å². The summed E-state index contributed by atoms with van der Waals surface area (Å²) in [4.78, 5) is 12.4. The number of carbonyl (C=O) groups excluding carboxylic acids is 1. The van der Waals surface area contributed by atoms with Gasteiger partial charge in [-0.1, -0.05) is 29.8 Å². The molecule has 134 valence electrons. The van der Waals surface area contributed by atoms with E-state index in [1.54, 1.807) is 55.4 Å². The summed E-state index contributed by atoms with van der Waals surface area (Å²) in [5, 5.41) is 7.64. The number of halogens is 1. The number of methoxy groups -OCH3 is 2. The lowest BCUT2D eigenvalue weighted by Crippen LogP contribution is -2.16. The molecule has 1 heterocycles. The highest BCUT2D eigenvalue weighted by Crippen LogP contribution is 2.31. The van der Waals surface area contributed by atoms with Crippen LogP contribution in [0.1, 0.15) is 15.9 Å². The zero-order valence-corrected chi connectivity index (χ0v) is 15.2. The minimum atomic E-state index is -0.258. The maximum Gasteiger partial charge on any atom is 0.256 e. The van der Waals surface area contributed by atoms with Crippen molar-refractivity contribution in [3.8, 4) is 11.5 Å². The average Bonchev–Trinajstić information content (AvgIpc) is 3.08. The van der Waals surface area contributed by atoms with Crippen molar-refractivity contribution in [2.24, 2.45) is 0 Å². The molecule has 0 aliphatic rings. The molecule has 0 saturated heterocycles. The third kappa shape index (κ3) is 3.81. The zero-order chi connectivity index (χ0) is 18.5. The van der Waals surface area contributed by atoms with Crippen LogP contribution in [0.2, 0.25) is 5.02 Å². The van der Waals surface area contributed by atoms with Crippen LogP contribution in [0.5, 0.6) is 11.5 Å². The van der Waals surface area contributed by atoms with E-state index in [1.165, 1.54) is 0 Å². The molecule has 0 fully saturated rings. The average molecular weight is 372 g/mol. The van der Waals surface area contributed by atoms with Crippen LogP contribution in [0.25, 0.3) is 0 Å². The van der Waals surface area contributed by atoms with Gasteiger partial charge in [-0.2, -0.15) is 5.10 Å². The highest BCUT2D eigenvalue weighted by molar-refractivity contribution is 6.31. The minimum absolute atomic E-state index is 0.258. The molecular formula is C19H18ClN3O3. The molecule has 0 aliphatic carbocycles. The van der Waals surface area contributed by atoms with E-state index in [0.29, 0.717) is 34.4 Å². The van der Waals surface area contributed by atoms with Crippen LogP contribution in [0.3, 0.4) is 0 Å². The number of anilines is 1. The summed E-state index contributed by atoms with van der Waals surface area (Å²) in [6.07, 6.45) is 1.63. The standard InChI is InChI=1S/C19H18ClN3O3/c1-25-16-8-4-6-14(18(16)26-2)12-23-17(9-10-21-23)22-19(24)13-5-3-7-15(20)11-13/h3-11H,12H2,1-2H3,(H,22,24). The first kappa shape index (κ1) is 17.8. The predicted octanol–water partition coefficient (Wildman–Crippen LogP) is 3.85. The normalized spacial score (nSPS) is 10.4. The van der Waals surface area contributed by atoms with Crippen molar-refractivity contribution in [3.05, 3.63) is 70.9 Å². The topological polar surface area (TPSA) is 65.4 Å². The fourth-order valence-corrected chi connectivity index (χ4v) is 2.81. The van der Waals surface area contributed by atoms with E-state index in [-0.39, 0.29) is 5.91 Å². The Morgan fingerprint density at radius 3 is 2.69 bits per heavy atom. The van der Waals surface area contributed by atoms with Gasteiger partial charge in [0.15, 0.2) is 11.5 Å². The van der Waals surface area contributed by atoms with Crippen molar-refractivity contribution in [1.29, 1.82) is 0 Å². The van der Waals surface area contributed by atoms with Gasteiger partial charge >= 0.3 is 0 Å². The molecule has 1 aromatic heterocycles. The quantitative estimate of drug-likeness (QED) is 0.714. The lowest BCUT2D eigenvalue weighted by Gasteiger charge is -2.14. The molecule has 7 heteroatoms. The predicted molar refractivity (Wildman–Crippen MR) is 100 cm³/mol. The van der Waals surface area contributed by atoms with Crippen LogP contribution in [0.15, 0.2) is 54.7 Å². The van der Waals surface area contributed by atoms with Gasteiger partial charge in [0, 0.05) is 22.2 Å². The Morgan fingerprint density at radius 1 is 1.15 bits per heavy atom. The van der Waals surface area contributed by atoms with E-state index in [4.69, 9.17) is 21.1 Å². The molecule has 2 aromatic carbocycles. The van der Waals surface area contributed by atoms with Crippen molar-refractivity contribution in [2.45, 2.75) is 6.54 Å². The molecule has 0 unspecified atom stereocenters. The minimum Gasteiger partial charge on any atom is -0.493 e. The van der Waals surface area contributed by atoms with Crippen molar-refractivity contribution < 1.29 is 14.3 Å². The first-order valence-corrected chi connectivity index (χ1v) is 8.28. The Hall–Kier alpha value is -2.99. The summed E-state index contributed by atoms with van der Waals surface area (Å²) in [6.45, 7) is 0.415. The molecule has 0 atom stereocenters. The van der Waals surface area contributed by atoms with Crippen LogP contribution in [0.4, 0.5) is 5.82 Å². The van der Waals surface area contributed by atoms with Crippen molar-refractivity contribution in [3.63, 3.8) is 0 Å². The van der Waals surface area contributed by atoms with Crippen LogP contribution in [-0.2, 0) is 6.54 Å². The molecule has 1 amide bonds. The number of aromatic nitrogens is 2. The smallest absolute Gasteiger partial charge is 0.256 e. The van der Waals surface area contributed by atoms with Gasteiger partial charge in [0.2, 0.25) is 0 Å². The molecule has 0 bridgehead atoms. The molecule has 1 N–H and O–H groups in total. The SMILES string of the molecule is COc1cccc(Cn2nccc2NC(=O)c2cccc(Cl)c2)c1OC. The number of hydrogen-bond acceptors (Lipinski definition) is 4. The van der Waals surface area contributed by atoms with E-state index >= 15 is 0 Å². The first-order valence-electron chi connectivity index (χ1n) is 7.91. The van der Waals surface area contributed by atoms with Crippen molar-refractivity contribution in [2.75, 3.05) is 19.5 Å². The van der Waals surface area contributed by atoms with Gasteiger partial charge < -0.3 is 14.8 Å². The van der Waals surface area contributed by atoms with Gasteiger partial charge in [-0.15, -0.1) is 0 Å². The highest BCUT2D eigenvalue weighted by Gasteiger charge is 2.14. The molecule has 0 aliphatic heterocycles. The molecule has 26 heavy (non-hydrogen) atoms. The molecule has 3 rings (SSSR count). The van der Waals surface area contributed by atoms with Crippen LogP contribution < -0.4 is 14.8 Å². The Labute approximate surface area is 156 Å². The number of para-hydroxylation sites is 1. The number of nitrogens with zero attached hydrogens (tertiary/aromatic N) is 2. The summed E-state index contributed by atoms with van der Waals surface area (Å²) in [7, 11) is 3.18. The number of amides is 1. The monoisotopic (exact) mass is 371 g/mol. The maximum absolute atomic E-state index is 12.4. The Kier molecular flexibility index (Phi) is 5.43. The fraction of sp³-hybridized carbons (Fsp3) is 0.158. The summed E-state index contributed by atoms with van der Waals surface area (Å²) in [5.74, 6) is 1.59. The molecule has 0 spiro atoms. The van der Waals surface area contributed by atoms with E-state index in [1.807, 2.05) is 18.2 Å². The summed E-state index contributed by atoms with van der Waals surface area (Å²) in [6, 6.07) is 14.1. The van der Waals surface area contributed by atoms with Gasteiger partial charge in [0.1, 0.15) is 5.82 Å². The van der Waals surface area contributed by atoms with Gasteiger partial charge in [-0.25, -0.2) is 4.68 Å². The van der Waals surface area contributed by atoms with Crippen molar-refractivity contribution >= 4 is 23.3 Å². The van der Waals surface area contributed by atoms with Crippen LogP contribution >= 0.6 is 11.6 Å². The second kappa shape index (κ2) is 7.93. The van der Waals surface area contributed by atoms with Crippen LogP contribution in [-0.4, -0.2) is 29.9 Å². The molecule has 3 aromatic rings. The fourth-order valence-electron chi connectivity index (χ4n) is 2.62. The number of ether oxygens (including phenoxy) is 2.